The topological polar surface area (TPSA) is 47.6 Å². The number of aryl methyl sites for hydroxylation is 1. The summed E-state index contributed by atoms with van der Waals surface area (Å²) in [7, 11) is 0. The molecule has 0 spiro atoms. The molecule has 1 aliphatic rings. The van der Waals surface area contributed by atoms with Gasteiger partial charge in [-0.2, -0.15) is 0 Å². The molecule has 0 radical (unpaired) electrons. The summed E-state index contributed by atoms with van der Waals surface area (Å²) >= 11 is 0. The van der Waals surface area contributed by atoms with Gasteiger partial charge in [0, 0.05) is 6.42 Å². The maximum absolute atomic E-state index is 13.2. The fourth-order valence-electron chi connectivity index (χ4n) is 1.77. The van der Waals surface area contributed by atoms with Crippen molar-refractivity contribution in [2.75, 3.05) is 12.3 Å². The van der Waals surface area contributed by atoms with Crippen molar-refractivity contribution < 1.29 is 9.13 Å². The first-order chi connectivity index (χ1) is 7.96. The van der Waals surface area contributed by atoms with Crippen LogP contribution < -0.4 is 5.73 Å². The first kappa shape index (κ1) is 11.9. The minimum Gasteiger partial charge on any atom is -0.478 e. The number of nitrogens with two attached hydrogens (primary N) is 1. The molecule has 0 fully saturated rings. The second-order valence-electron chi connectivity index (χ2n) is 4.96. The standard InChI is InChI=1S/C13H17FN2O/c1-13(2)8-17-12(16-13)6-4-9-3-5-11(15)10(14)7-9/h3,5,7H,4,6,8,15H2,1-2H3. The van der Waals surface area contributed by atoms with Gasteiger partial charge in [-0.25, -0.2) is 9.38 Å². The number of nitrogen functional groups attached to an aromatic ring is 1. The molecule has 0 atom stereocenters. The molecule has 0 bridgehead atoms. The van der Waals surface area contributed by atoms with Crippen LogP contribution in [0.1, 0.15) is 25.8 Å². The zero-order chi connectivity index (χ0) is 12.5. The number of benzene rings is 1. The molecule has 1 aromatic carbocycles. The summed E-state index contributed by atoms with van der Waals surface area (Å²) in [5.74, 6) is 0.393. The molecule has 3 nitrogen and oxygen atoms in total. The summed E-state index contributed by atoms with van der Waals surface area (Å²) in [5.41, 5.74) is 6.39. The maximum Gasteiger partial charge on any atom is 0.184 e. The highest BCUT2D eigenvalue weighted by Crippen LogP contribution is 2.20. The monoisotopic (exact) mass is 236 g/mol. The Morgan fingerprint density at radius 2 is 2.18 bits per heavy atom. The largest absolute Gasteiger partial charge is 0.478 e. The van der Waals surface area contributed by atoms with Gasteiger partial charge in [0.1, 0.15) is 12.4 Å². The molecule has 92 valence electrons. The lowest BCUT2D eigenvalue weighted by molar-refractivity contribution is 0.274. The average molecular weight is 236 g/mol. The number of anilines is 1. The van der Waals surface area contributed by atoms with Crippen molar-refractivity contribution in [3.63, 3.8) is 0 Å². The highest BCUT2D eigenvalue weighted by molar-refractivity contribution is 5.78. The van der Waals surface area contributed by atoms with Crippen molar-refractivity contribution >= 4 is 11.6 Å². The predicted octanol–water partition coefficient (Wildman–Crippen LogP) is 2.55. The van der Waals surface area contributed by atoms with Crippen LogP contribution in [0.15, 0.2) is 23.2 Å². The smallest absolute Gasteiger partial charge is 0.184 e. The van der Waals surface area contributed by atoms with Crippen molar-refractivity contribution in [3.05, 3.63) is 29.6 Å². The fourth-order valence-corrected chi connectivity index (χ4v) is 1.77. The molecule has 0 aliphatic carbocycles. The molecule has 4 heteroatoms. The van der Waals surface area contributed by atoms with Crippen LogP contribution in [0, 0.1) is 5.82 Å². The van der Waals surface area contributed by atoms with Crippen LogP contribution in [-0.2, 0) is 11.2 Å². The third-order valence-electron chi connectivity index (χ3n) is 2.71. The first-order valence-electron chi connectivity index (χ1n) is 5.72. The van der Waals surface area contributed by atoms with E-state index < -0.39 is 0 Å². The summed E-state index contributed by atoms with van der Waals surface area (Å²) < 4.78 is 18.7. The van der Waals surface area contributed by atoms with E-state index >= 15 is 0 Å². The Hall–Kier alpha value is -1.58. The number of nitrogens with zero attached hydrogens (tertiary/aromatic N) is 1. The van der Waals surface area contributed by atoms with E-state index in [-0.39, 0.29) is 17.0 Å². The second kappa shape index (κ2) is 4.35. The number of halogens is 1. The maximum atomic E-state index is 13.2. The zero-order valence-corrected chi connectivity index (χ0v) is 10.2. The van der Waals surface area contributed by atoms with Gasteiger partial charge in [-0.1, -0.05) is 6.07 Å². The first-order valence-corrected chi connectivity index (χ1v) is 5.72. The minimum atomic E-state index is -0.364. The van der Waals surface area contributed by atoms with Gasteiger partial charge in [0.15, 0.2) is 5.90 Å². The van der Waals surface area contributed by atoms with Gasteiger partial charge in [0.25, 0.3) is 0 Å². The van der Waals surface area contributed by atoms with Gasteiger partial charge in [-0.05, 0) is 38.0 Å². The SMILES string of the molecule is CC1(C)COC(CCc2ccc(N)c(F)c2)=N1. The Labute approximate surface area is 100 Å². The third kappa shape index (κ3) is 2.96. The molecule has 1 heterocycles. The Morgan fingerprint density at radius 3 is 2.76 bits per heavy atom. The van der Waals surface area contributed by atoms with E-state index in [2.05, 4.69) is 4.99 Å². The molecular weight excluding hydrogens is 219 g/mol. The van der Waals surface area contributed by atoms with Crippen molar-refractivity contribution in [3.8, 4) is 0 Å². The van der Waals surface area contributed by atoms with E-state index in [0.29, 0.717) is 19.4 Å². The molecule has 0 saturated carbocycles. The quantitative estimate of drug-likeness (QED) is 0.820. The number of ether oxygens (including phenoxy) is 1. The number of hydrogen-bond acceptors (Lipinski definition) is 3. The lowest BCUT2D eigenvalue weighted by Crippen LogP contribution is -2.17. The molecule has 0 unspecified atom stereocenters. The van der Waals surface area contributed by atoms with E-state index in [9.17, 15) is 4.39 Å². The molecule has 0 saturated heterocycles. The van der Waals surface area contributed by atoms with E-state index in [1.807, 2.05) is 19.9 Å². The van der Waals surface area contributed by atoms with Crippen molar-refractivity contribution in [1.82, 2.24) is 0 Å². The second-order valence-corrected chi connectivity index (χ2v) is 4.96. The van der Waals surface area contributed by atoms with Crippen LogP contribution in [0.25, 0.3) is 0 Å². The van der Waals surface area contributed by atoms with Crippen LogP contribution in [0.3, 0.4) is 0 Å². The Bertz CT molecular complexity index is 455. The lowest BCUT2D eigenvalue weighted by atomic mass is 10.1. The summed E-state index contributed by atoms with van der Waals surface area (Å²) in [4.78, 5) is 4.45. The molecular formula is C13H17FN2O. The van der Waals surface area contributed by atoms with Crippen molar-refractivity contribution in [1.29, 1.82) is 0 Å². The van der Waals surface area contributed by atoms with Crippen LogP contribution >= 0.6 is 0 Å². The summed E-state index contributed by atoms with van der Waals surface area (Å²) in [5, 5.41) is 0. The Kier molecular flexibility index (Phi) is 3.05. The fraction of sp³-hybridized carbons (Fsp3) is 0.462. The summed E-state index contributed by atoms with van der Waals surface area (Å²) in [6.07, 6.45) is 1.42. The molecule has 1 aliphatic heterocycles. The summed E-state index contributed by atoms with van der Waals surface area (Å²) in [6, 6.07) is 4.89. The molecule has 2 N–H and O–H groups in total. The Morgan fingerprint density at radius 1 is 1.41 bits per heavy atom. The van der Waals surface area contributed by atoms with Gasteiger partial charge in [-0.15, -0.1) is 0 Å². The van der Waals surface area contributed by atoms with E-state index in [4.69, 9.17) is 10.5 Å². The number of hydrogen-bond donors (Lipinski definition) is 1. The molecule has 17 heavy (non-hydrogen) atoms. The highest BCUT2D eigenvalue weighted by Gasteiger charge is 2.25. The summed E-state index contributed by atoms with van der Waals surface area (Å²) in [6.45, 7) is 4.68. The van der Waals surface area contributed by atoms with E-state index in [1.54, 1.807) is 6.07 Å². The normalized spacial score (nSPS) is 17.7. The van der Waals surface area contributed by atoms with Gasteiger partial charge in [0.2, 0.25) is 0 Å². The molecule has 1 aromatic rings. The Balaban J connectivity index is 1.97. The minimum absolute atomic E-state index is 0.123. The lowest BCUT2D eigenvalue weighted by Gasteiger charge is -2.07. The van der Waals surface area contributed by atoms with Gasteiger partial charge < -0.3 is 10.5 Å². The molecule has 2 rings (SSSR count). The van der Waals surface area contributed by atoms with Crippen LogP contribution in [0.2, 0.25) is 0 Å². The van der Waals surface area contributed by atoms with Crippen molar-refractivity contribution in [2.45, 2.75) is 32.2 Å². The molecule has 0 aromatic heterocycles. The van der Waals surface area contributed by atoms with Gasteiger partial charge >= 0.3 is 0 Å². The third-order valence-corrected chi connectivity index (χ3v) is 2.71. The number of rotatable bonds is 3. The van der Waals surface area contributed by atoms with Gasteiger partial charge in [0.05, 0.1) is 11.2 Å². The van der Waals surface area contributed by atoms with Crippen LogP contribution in [-0.4, -0.2) is 18.0 Å². The highest BCUT2D eigenvalue weighted by atomic mass is 19.1. The average Bonchev–Trinajstić information content (AvgIpc) is 2.60. The van der Waals surface area contributed by atoms with Crippen LogP contribution in [0.5, 0.6) is 0 Å². The van der Waals surface area contributed by atoms with E-state index in [0.717, 1.165) is 11.5 Å². The molecule has 0 amide bonds. The zero-order valence-electron chi connectivity index (χ0n) is 10.2. The van der Waals surface area contributed by atoms with E-state index in [1.165, 1.54) is 6.07 Å². The van der Waals surface area contributed by atoms with Crippen molar-refractivity contribution in [2.24, 2.45) is 4.99 Å². The van der Waals surface area contributed by atoms with Gasteiger partial charge in [-0.3, -0.25) is 0 Å². The predicted molar refractivity (Wildman–Crippen MR) is 66.6 cm³/mol. The number of aliphatic imine (C=N–C) groups is 1. The van der Waals surface area contributed by atoms with Crippen LogP contribution in [0.4, 0.5) is 10.1 Å².